The average Bonchev–Trinajstić information content (AvgIpc) is 2.99. The zero-order chi connectivity index (χ0) is 17.3. The molecule has 8 heteroatoms. The molecular weight excluding hydrogens is 320 g/mol. The summed E-state index contributed by atoms with van der Waals surface area (Å²) in [5.41, 5.74) is 0.0795. The zero-order valence-electron chi connectivity index (χ0n) is 12.1. The van der Waals surface area contributed by atoms with Gasteiger partial charge in [0.25, 0.3) is 5.91 Å². The maximum absolute atomic E-state index is 13.8. The summed E-state index contributed by atoms with van der Waals surface area (Å²) in [7, 11) is 0. The molecule has 3 aromatic rings. The fourth-order valence-electron chi connectivity index (χ4n) is 2.34. The van der Waals surface area contributed by atoms with E-state index in [-0.39, 0.29) is 5.69 Å². The number of hydrogen-bond acceptors (Lipinski definition) is 3. The van der Waals surface area contributed by atoms with Gasteiger partial charge in [-0.1, -0.05) is 18.2 Å². The Labute approximate surface area is 134 Å². The topological polar surface area (TPSA) is 95.1 Å². The lowest BCUT2D eigenvalue weighted by atomic mass is 10.1. The number of carbonyl (C=O) groups is 2. The molecule has 122 valence electrons. The minimum absolute atomic E-state index is 0.0336. The highest BCUT2D eigenvalue weighted by Gasteiger charge is 2.27. The quantitative estimate of drug-likeness (QED) is 0.684. The molecule has 1 amide bonds. The third kappa shape index (κ3) is 2.81. The number of aromatic amines is 1. The summed E-state index contributed by atoms with van der Waals surface area (Å²) in [5, 5.41) is 18.4. The maximum Gasteiger partial charge on any atom is 0.331 e. The van der Waals surface area contributed by atoms with Crippen LogP contribution >= 0.6 is 0 Å². The van der Waals surface area contributed by atoms with E-state index >= 15 is 0 Å². The van der Waals surface area contributed by atoms with E-state index in [1.54, 1.807) is 24.3 Å². The SMILES string of the molecule is O=C(NC(C(=O)O)c1cc(F)ccc1F)c1n[nH]c2ccccc12. The van der Waals surface area contributed by atoms with Crippen LogP contribution in [-0.2, 0) is 4.79 Å². The van der Waals surface area contributed by atoms with Crippen molar-refractivity contribution in [2.24, 2.45) is 0 Å². The highest BCUT2D eigenvalue weighted by molar-refractivity contribution is 6.05. The average molecular weight is 331 g/mol. The number of aliphatic carboxylic acids is 1. The number of amides is 1. The van der Waals surface area contributed by atoms with Crippen LogP contribution in [0, 0.1) is 11.6 Å². The number of nitrogens with one attached hydrogen (secondary N) is 2. The molecule has 0 aliphatic rings. The van der Waals surface area contributed by atoms with Crippen molar-refractivity contribution in [2.75, 3.05) is 0 Å². The number of carbonyl (C=O) groups excluding carboxylic acids is 1. The van der Waals surface area contributed by atoms with Crippen molar-refractivity contribution in [3.63, 3.8) is 0 Å². The Bertz CT molecular complexity index is 939. The van der Waals surface area contributed by atoms with E-state index in [1.165, 1.54) is 0 Å². The van der Waals surface area contributed by atoms with Gasteiger partial charge in [0.2, 0.25) is 0 Å². The van der Waals surface area contributed by atoms with Crippen molar-refractivity contribution in [3.05, 3.63) is 65.4 Å². The number of hydrogen-bond donors (Lipinski definition) is 3. The Balaban J connectivity index is 1.95. The van der Waals surface area contributed by atoms with Crippen LogP contribution in [0.25, 0.3) is 10.9 Å². The first-order valence-electron chi connectivity index (χ1n) is 6.89. The summed E-state index contributed by atoms with van der Waals surface area (Å²) in [6.07, 6.45) is 0. The van der Waals surface area contributed by atoms with Gasteiger partial charge >= 0.3 is 5.97 Å². The molecule has 1 aromatic heterocycles. The summed E-state index contributed by atoms with van der Waals surface area (Å²) in [4.78, 5) is 23.7. The molecule has 0 radical (unpaired) electrons. The smallest absolute Gasteiger partial charge is 0.331 e. The highest BCUT2D eigenvalue weighted by Crippen LogP contribution is 2.21. The summed E-state index contributed by atoms with van der Waals surface area (Å²) >= 11 is 0. The van der Waals surface area contributed by atoms with Crippen LogP contribution in [0.4, 0.5) is 8.78 Å². The van der Waals surface area contributed by atoms with Gasteiger partial charge < -0.3 is 10.4 Å². The second-order valence-electron chi connectivity index (χ2n) is 5.03. The van der Waals surface area contributed by atoms with E-state index in [0.29, 0.717) is 10.9 Å². The van der Waals surface area contributed by atoms with Gasteiger partial charge in [-0.25, -0.2) is 13.6 Å². The minimum atomic E-state index is -1.75. The van der Waals surface area contributed by atoms with E-state index in [2.05, 4.69) is 15.5 Å². The van der Waals surface area contributed by atoms with Crippen LogP contribution in [0.2, 0.25) is 0 Å². The number of benzene rings is 2. The highest BCUT2D eigenvalue weighted by atomic mass is 19.1. The van der Waals surface area contributed by atoms with E-state index in [4.69, 9.17) is 0 Å². The first-order valence-corrected chi connectivity index (χ1v) is 6.89. The molecule has 0 spiro atoms. The van der Waals surface area contributed by atoms with Gasteiger partial charge in [0, 0.05) is 10.9 Å². The van der Waals surface area contributed by atoms with E-state index in [1.807, 2.05) is 0 Å². The number of para-hydroxylation sites is 1. The van der Waals surface area contributed by atoms with Gasteiger partial charge in [-0.05, 0) is 24.3 Å². The predicted molar refractivity (Wildman–Crippen MR) is 80.3 cm³/mol. The number of nitrogens with zero attached hydrogens (tertiary/aromatic N) is 1. The number of aromatic nitrogens is 2. The van der Waals surface area contributed by atoms with Gasteiger partial charge in [0.05, 0.1) is 5.52 Å². The van der Waals surface area contributed by atoms with Crippen LogP contribution in [0.1, 0.15) is 22.1 Å². The van der Waals surface area contributed by atoms with Crippen molar-refractivity contribution in [2.45, 2.75) is 6.04 Å². The largest absolute Gasteiger partial charge is 0.479 e. The van der Waals surface area contributed by atoms with E-state index < -0.39 is 35.1 Å². The second kappa shape index (κ2) is 6.07. The molecule has 3 N–H and O–H groups in total. The number of carboxylic acids is 1. The molecule has 0 bridgehead atoms. The fourth-order valence-corrected chi connectivity index (χ4v) is 2.34. The molecule has 0 aliphatic carbocycles. The Morgan fingerprint density at radius 1 is 1.17 bits per heavy atom. The lowest BCUT2D eigenvalue weighted by Gasteiger charge is -2.15. The third-order valence-corrected chi connectivity index (χ3v) is 3.48. The summed E-state index contributed by atoms with van der Waals surface area (Å²) < 4.78 is 27.1. The van der Waals surface area contributed by atoms with Crippen LogP contribution in [-0.4, -0.2) is 27.2 Å². The third-order valence-electron chi connectivity index (χ3n) is 3.48. The van der Waals surface area contributed by atoms with E-state index in [0.717, 1.165) is 18.2 Å². The molecule has 6 nitrogen and oxygen atoms in total. The first-order chi connectivity index (χ1) is 11.5. The normalized spacial score (nSPS) is 12.1. The van der Waals surface area contributed by atoms with Crippen molar-refractivity contribution in [1.29, 1.82) is 0 Å². The van der Waals surface area contributed by atoms with Crippen molar-refractivity contribution in [1.82, 2.24) is 15.5 Å². The van der Waals surface area contributed by atoms with Crippen LogP contribution in [0.3, 0.4) is 0 Å². The molecule has 1 unspecified atom stereocenters. The molecule has 2 aromatic carbocycles. The number of carboxylic acid groups (broad SMARTS) is 1. The summed E-state index contributed by atoms with van der Waals surface area (Å²) in [5.74, 6) is -4.08. The number of H-pyrrole nitrogens is 1. The van der Waals surface area contributed by atoms with Gasteiger partial charge in [-0.2, -0.15) is 5.10 Å². The molecule has 0 saturated carbocycles. The van der Waals surface area contributed by atoms with E-state index in [9.17, 15) is 23.5 Å². The van der Waals surface area contributed by atoms with Crippen molar-refractivity contribution < 1.29 is 23.5 Å². The summed E-state index contributed by atoms with van der Waals surface area (Å²) in [6.45, 7) is 0. The Morgan fingerprint density at radius 3 is 2.67 bits per heavy atom. The van der Waals surface area contributed by atoms with Gasteiger partial charge in [0.1, 0.15) is 11.6 Å². The van der Waals surface area contributed by atoms with Crippen LogP contribution in [0.15, 0.2) is 42.5 Å². The standard InChI is InChI=1S/C16H11F2N3O3/c17-8-5-6-11(18)10(7-8)14(16(23)24)19-15(22)13-9-3-1-2-4-12(9)20-21-13/h1-7,14H,(H,19,22)(H,20,21)(H,23,24). The monoisotopic (exact) mass is 331 g/mol. The van der Waals surface area contributed by atoms with Gasteiger partial charge in [0.15, 0.2) is 11.7 Å². The molecule has 0 fully saturated rings. The predicted octanol–water partition coefficient (Wildman–Crippen LogP) is 2.40. The molecule has 1 atom stereocenters. The Kier molecular flexibility index (Phi) is 3.95. The number of rotatable bonds is 4. The molecule has 24 heavy (non-hydrogen) atoms. The molecule has 0 aliphatic heterocycles. The molecule has 3 rings (SSSR count). The Hall–Kier alpha value is -3.29. The molecule has 0 saturated heterocycles. The number of fused-ring (bicyclic) bond motifs is 1. The number of halogens is 2. The zero-order valence-corrected chi connectivity index (χ0v) is 12.1. The maximum atomic E-state index is 13.8. The van der Waals surface area contributed by atoms with Crippen LogP contribution < -0.4 is 5.32 Å². The fraction of sp³-hybridized carbons (Fsp3) is 0.0625. The second-order valence-corrected chi connectivity index (χ2v) is 5.03. The lowest BCUT2D eigenvalue weighted by Crippen LogP contribution is -2.34. The Morgan fingerprint density at radius 2 is 1.92 bits per heavy atom. The van der Waals surface area contributed by atoms with Crippen molar-refractivity contribution >= 4 is 22.8 Å². The lowest BCUT2D eigenvalue weighted by molar-refractivity contribution is -0.139. The molecular formula is C16H11F2N3O3. The van der Waals surface area contributed by atoms with Crippen molar-refractivity contribution in [3.8, 4) is 0 Å². The van der Waals surface area contributed by atoms with Crippen LogP contribution in [0.5, 0.6) is 0 Å². The molecule has 1 heterocycles. The first kappa shape index (κ1) is 15.6. The van der Waals surface area contributed by atoms with Gasteiger partial charge in [-0.3, -0.25) is 9.89 Å². The van der Waals surface area contributed by atoms with Gasteiger partial charge in [-0.15, -0.1) is 0 Å². The summed E-state index contributed by atoms with van der Waals surface area (Å²) in [6, 6.07) is 7.41. The minimum Gasteiger partial charge on any atom is -0.479 e.